The van der Waals surface area contributed by atoms with Gasteiger partial charge >= 0.3 is 0 Å². The summed E-state index contributed by atoms with van der Waals surface area (Å²) in [6.45, 7) is 1.98. The molecule has 0 fully saturated rings. The molecule has 0 heterocycles. The van der Waals surface area contributed by atoms with Gasteiger partial charge in [-0.15, -0.1) is 0 Å². The van der Waals surface area contributed by atoms with Crippen LogP contribution in [0.1, 0.15) is 6.92 Å². The zero-order valence-electron chi connectivity index (χ0n) is 5.22. The minimum absolute atomic E-state index is 0.0310. The summed E-state index contributed by atoms with van der Waals surface area (Å²) in [6.07, 6.45) is -0.447. The summed E-state index contributed by atoms with van der Waals surface area (Å²) >= 11 is 1.97. The van der Waals surface area contributed by atoms with Crippen LogP contribution in [0.4, 0.5) is 0 Å². The fourth-order valence-electron chi connectivity index (χ4n) is 0.309. The first-order valence-corrected chi connectivity index (χ1v) is 4.20. The lowest BCUT2D eigenvalue weighted by Gasteiger charge is -2.03. The average molecular weight is 243 g/mol. The smallest absolute Gasteiger partial charge is 0.229 e. The largest absolute Gasteiger partial charge is 0.392 e. The van der Waals surface area contributed by atoms with E-state index in [-0.39, 0.29) is 5.91 Å². The van der Waals surface area contributed by atoms with E-state index in [0.717, 1.165) is 0 Å². The molecule has 0 aromatic carbocycles. The van der Waals surface area contributed by atoms with Gasteiger partial charge in [-0.1, -0.05) is 22.6 Å². The van der Waals surface area contributed by atoms with Gasteiger partial charge in [0.05, 0.1) is 10.5 Å². The molecule has 1 atom stereocenters. The number of aliphatic hydroxyl groups is 1. The van der Waals surface area contributed by atoms with Crippen LogP contribution in [0.3, 0.4) is 0 Å². The second kappa shape index (κ2) is 4.99. The second-order valence-corrected chi connectivity index (χ2v) is 2.55. The van der Waals surface area contributed by atoms with E-state index in [4.69, 9.17) is 5.11 Å². The van der Waals surface area contributed by atoms with E-state index in [0.29, 0.717) is 11.0 Å². The molecule has 54 valence electrons. The van der Waals surface area contributed by atoms with Crippen molar-refractivity contribution in [3.05, 3.63) is 0 Å². The number of carbonyl (C=O) groups is 1. The number of halogens is 1. The van der Waals surface area contributed by atoms with Crippen molar-refractivity contribution in [1.29, 1.82) is 0 Å². The van der Waals surface area contributed by atoms with Crippen LogP contribution >= 0.6 is 22.6 Å². The van der Waals surface area contributed by atoms with Crippen molar-refractivity contribution in [3.8, 4) is 0 Å². The maximum Gasteiger partial charge on any atom is 0.229 e. The lowest BCUT2D eigenvalue weighted by molar-refractivity contribution is -0.118. The molecular weight excluding hydrogens is 233 g/mol. The van der Waals surface area contributed by atoms with E-state index < -0.39 is 6.10 Å². The first-order chi connectivity index (χ1) is 4.16. The minimum atomic E-state index is -0.447. The Balaban J connectivity index is 3.17. The normalized spacial score (nSPS) is 12.8. The Morgan fingerprint density at radius 3 is 2.78 bits per heavy atom. The number of hydrogen-bond acceptors (Lipinski definition) is 2. The maximum absolute atomic E-state index is 10.5. The zero-order valence-corrected chi connectivity index (χ0v) is 7.38. The van der Waals surface area contributed by atoms with Gasteiger partial charge < -0.3 is 10.4 Å². The van der Waals surface area contributed by atoms with E-state index in [1.54, 1.807) is 6.92 Å². The van der Waals surface area contributed by atoms with Gasteiger partial charge in [0, 0.05) is 6.54 Å². The zero-order chi connectivity index (χ0) is 7.28. The molecule has 0 spiro atoms. The first-order valence-electron chi connectivity index (χ1n) is 2.67. The van der Waals surface area contributed by atoms with Crippen LogP contribution in [0.5, 0.6) is 0 Å². The number of nitrogens with one attached hydrogen (secondary N) is 1. The molecule has 2 N–H and O–H groups in total. The molecule has 9 heavy (non-hydrogen) atoms. The Kier molecular flexibility index (Phi) is 5.07. The summed E-state index contributed by atoms with van der Waals surface area (Å²) in [5.41, 5.74) is 0. The summed E-state index contributed by atoms with van der Waals surface area (Å²) in [4.78, 5) is 10.5. The number of carbonyl (C=O) groups excluding carboxylic acids is 1. The van der Waals surface area contributed by atoms with Gasteiger partial charge in [0.1, 0.15) is 0 Å². The van der Waals surface area contributed by atoms with E-state index in [1.807, 2.05) is 22.6 Å². The van der Waals surface area contributed by atoms with Crippen molar-refractivity contribution in [2.24, 2.45) is 0 Å². The van der Waals surface area contributed by atoms with Crippen molar-refractivity contribution in [2.75, 3.05) is 11.0 Å². The van der Waals surface area contributed by atoms with Crippen molar-refractivity contribution in [1.82, 2.24) is 5.32 Å². The third kappa shape index (κ3) is 6.04. The van der Waals surface area contributed by atoms with Crippen LogP contribution in [0, 0.1) is 0 Å². The molecule has 0 aliphatic heterocycles. The Bertz CT molecular complexity index is 95.0. The molecule has 0 radical (unpaired) electrons. The van der Waals surface area contributed by atoms with E-state index in [1.165, 1.54) is 0 Å². The molecule has 0 aromatic rings. The third-order valence-corrected chi connectivity index (χ3v) is 1.41. The minimum Gasteiger partial charge on any atom is -0.392 e. The summed E-state index contributed by atoms with van der Waals surface area (Å²) in [5.74, 6) is -0.0310. The molecule has 0 rings (SSSR count). The van der Waals surface area contributed by atoms with Gasteiger partial charge in [0.15, 0.2) is 0 Å². The van der Waals surface area contributed by atoms with Crippen LogP contribution in [0.25, 0.3) is 0 Å². The molecule has 3 nitrogen and oxygen atoms in total. The number of rotatable bonds is 3. The summed E-state index contributed by atoms with van der Waals surface area (Å²) in [7, 11) is 0. The molecule has 0 bridgehead atoms. The van der Waals surface area contributed by atoms with Crippen molar-refractivity contribution >= 4 is 28.5 Å². The van der Waals surface area contributed by atoms with Gasteiger partial charge in [0.2, 0.25) is 5.91 Å². The molecule has 4 heteroatoms. The average Bonchev–Trinajstić information content (AvgIpc) is 1.83. The highest BCUT2D eigenvalue weighted by Gasteiger charge is 1.98. The Hall–Kier alpha value is 0.160. The van der Waals surface area contributed by atoms with Crippen LogP contribution in [-0.4, -0.2) is 28.1 Å². The van der Waals surface area contributed by atoms with Gasteiger partial charge in [0.25, 0.3) is 0 Å². The van der Waals surface area contributed by atoms with Crippen LogP contribution in [-0.2, 0) is 4.79 Å². The lowest BCUT2D eigenvalue weighted by Crippen LogP contribution is -2.31. The summed E-state index contributed by atoms with van der Waals surface area (Å²) in [5, 5.41) is 11.2. The standard InChI is InChI=1S/C5H10INO2/c1-4(8)3-7-5(9)2-6/h4,8H,2-3H2,1H3,(H,7,9). The molecule has 1 amide bonds. The molecular formula is C5H10INO2. The number of aliphatic hydroxyl groups excluding tert-OH is 1. The molecule has 0 aromatic heterocycles. The molecule has 0 aliphatic rings. The third-order valence-electron chi connectivity index (χ3n) is 0.716. The summed E-state index contributed by atoms with van der Waals surface area (Å²) in [6, 6.07) is 0. The topological polar surface area (TPSA) is 49.3 Å². The van der Waals surface area contributed by atoms with Crippen LogP contribution in [0.2, 0.25) is 0 Å². The fourth-order valence-corrected chi connectivity index (χ4v) is 0.578. The van der Waals surface area contributed by atoms with Crippen molar-refractivity contribution < 1.29 is 9.90 Å². The van der Waals surface area contributed by atoms with Gasteiger partial charge in [-0.25, -0.2) is 0 Å². The Morgan fingerprint density at radius 2 is 2.44 bits per heavy atom. The summed E-state index contributed by atoms with van der Waals surface area (Å²) < 4.78 is 0.449. The fraction of sp³-hybridized carbons (Fsp3) is 0.800. The molecule has 0 saturated carbocycles. The van der Waals surface area contributed by atoms with Crippen molar-refractivity contribution in [2.45, 2.75) is 13.0 Å². The van der Waals surface area contributed by atoms with Crippen molar-refractivity contribution in [3.63, 3.8) is 0 Å². The number of hydrogen-bond donors (Lipinski definition) is 2. The first kappa shape index (κ1) is 9.16. The predicted octanol–water partition coefficient (Wildman–Crippen LogP) is -0.0816. The van der Waals surface area contributed by atoms with Crippen LogP contribution in [0.15, 0.2) is 0 Å². The molecule has 1 unspecified atom stereocenters. The Morgan fingerprint density at radius 1 is 1.89 bits per heavy atom. The second-order valence-electron chi connectivity index (χ2n) is 1.79. The van der Waals surface area contributed by atoms with E-state index in [9.17, 15) is 4.79 Å². The number of alkyl halides is 1. The number of amides is 1. The lowest BCUT2D eigenvalue weighted by atomic mass is 10.4. The quantitative estimate of drug-likeness (QED) is 0.538. The Labute approximate surface area is 68.0 Å². The monoisotopic (exact) mass is 243 g/mol. The SMILES string of the molecule is CC(O)CNC(=O)CI. The van der Waals surface area contributed by atoms with E-state index >= 15 is 0 Å². The highest BCUT2D eigenvalue weighted by molar-refractivity contribution is 14.1. The predicted molar refractivity (Wildman–Crippen MR) is 43.6 cm³/mol. The highest BCUT2D eigenvalue weighted by Crippen LogP contribution is 1.80. The maximum atomic E-state index is 10.5. The van der Waals surface area contributed by atoms with Gasteiger partial charge in [-0.3, -0.25) is 4.79 Å². The molecule has 0 aliphatic carbocycles. The van der Waals surface area contributed by atoms with Crippen LogP contribution < -0.4 is 5.32 Å². The van der Waals surface area contributed by atoms with Gasteiger partial charge in [-0.2, -0.15) is 0 Å². The highest BCUT2D eigenvalue weighted by atomic mass is 127. The molecule has 0 saturated heterocycles. The van der Waals surface area contributed by atoms with E-state index in [2.05, 4.69) is 5.32 Å². The van der Waals surface area contributed by atoms with Gasteiger partial charge in [-0.05, 0) is 6.92 Å².